The van der Waals surface area contributed by atoms with Crippen LogP contribution in [0.4, 0.5) is 4.79 Å². The summed E-state index contributed by atoms with van der Waals surface area (Å²) in [6.07, 6.45) is -0.308. The summed E-state index contributed by atoms with van der Waals surface area (Å²) in [7, 11) is 5.65. The van der Waals surface area contributed by atoms with Crippen molar-refractivity contribution >= 4 is 25.1 Å². The molecule has 0 unspecified atom stereocenters. The Morgan fingerprint density at radius 2 is 1.64 bits per heavy atom. The average molecular weight is 332 g/mol. The van der Waals surface area contributed by atoms with Crippen molar-refractivity contribution in [3.05, 3.63) is 59.7 Å². The Balaban J connectivity index is 1.49. The molecule has 0 atom stereocenters. The summed E-state index contributed by atoms with van der Waals surface area (Å²) in [4.78, 5) is 28.5. The number of rotatable bonds is 3. The standard InChI is InChI=1S/C19H15BNO4/c20-17-9-10-18(22)21(17)25-19(23)24-11-16-14-7-3-1-5-12(14)13-6-2-4-8-15(13)16/h1-8,16H,9-11H2. The van der Waals surface area contributed by atoms with Crippen molar-refractivity contribution in [2.24, 2.45) is 0 Å². The van der Waals surface area contributed by atoms with Crippen LogP contribution in [0.1, 0.15) is 29.9 Å². The fourth-order valence-electron chi connectivity index (χ4n) is 3.40. The van der Waals surface area contributed by atoms with Crippen LogP contribution in [0.2, 0.25) is 0 Å². The first-order chi connectivity index (χ1) is 12.1. The second kappa shape index (κ2) is 6.20. The van der Waals surface area contributed by atoms with Crippen LogP contribution >= 0.6 is 0 Å². The van der Waals surface area contributed by atoms with E-state index >= 15 is 0 Å². The van der Waals surface area contributed by atoms with Gasteiger partial charge in [-0.15, -0.1) is 0 Å². The van der Waals surface area contributed by atoms with E-state index in [4.69, 9.17) is 17.1 Å². The van der Waals surface area contributed by atoms with Gasteiger partial charge in [0.2, 0.25) is 0 Å². The van der Waals surface area contributed by atoms with Gasteiger partial charge in [0.25, 0.3) is 0 Å². The molecule has 123 valence electrons. The van der Waals surface area contributed by atoms with E-state index in [0.29, 0.717) is 6.42 Å². The van der Waals surface area contributed by atoms with Crippen molar-refractivity contribution in [1.29, 1.82) is 0 Å². The minimum atomic E-state index is -0.930. The Hall–Kier alpha value is -2.89. The molecule has 1 saturated heterocycles. The first-order valence-electron chi connectivity index (χ1n) is 8.12. The predicted molar refractivity (Wildman–Crippen MR) is 93.0 cm³/mol. The molecule has 0 bridgehead atoms. The molecular formula is C19H15BNO4. The van der Waals surface area contributed by atoms with Crippen molar-refractivity contribution in [2.45, 2.75) is 18.8 Å². The van der Waals surface area contributed by atoms with Gasteiger partial charge in [0.1, 0.15) is 0 Å². The zero-order chi connectivity index (χ0) is 17.4. The van der Waals surface area contributed by atoms with E-state index in [0.717, 1.165) is 27.3 Å². The molecule has 1 amide bonds. The number of nitrogens with zero attached hydrogens (tertiary/aromatic N) is 1. The molecule has 2 aromatic carbocycles. The number of hydroxylamine groups is 2. The monoisotopic (exact) mass is 332 g/mol. The second-order valence-electron chi connectivity index (χ2n) is 6.06. The molecule has 0 aromatic heterocycles. The molecule has 1 heterocycles. The van der Waals surface area contributed by atoms with Crippen LogP contribution in [0.5, 0.6) is 0 Å². The van der Waals surface area contributed by atoms with E-state index in [2.05, 4.69) is 12.1 Å². The van der Waals surface area contributed by atoms with Gasteiger partial charge in [-0.3, -0.25) is 0 Å². The Morgan fingerprint density at radius 1 is 1.04 bits per heavy atom. The van der Waals surface area contributed by atoms with Crippen molar-refractivity contribution in [3.63, 3.8) is 0 Å². The number of hydrogen-bond acceptors (Lipinski definition) is 4. The number of fused-ring (bicyclic) bond motifs is 3. The first-order valence-corrected chi connectivity index (χ1v) is 8.12. The SMILES string of the molecule is [B]=C1CCC(=O)N1OC(=O)OCC1c2ccccc2-c2ccccc21. The molecule has 1 aliphatic heterocycles. The van der Waals surface area contributed by atoms with Crippen LogP contribution in [0, 0.1) is 0 Å². The number of benzene rings is 2. The molecule has 6 heteroatoms. The van der Waals surface area contributed by atoms with Crippen molar-refractivity contribution in [2.75, 3.05) is 6.61 Å². The van der Waals surface area contributed by atoms with E-state index in [1.54, 1.807) is 0 Å². The van der Waals surface area contributed by atoms with Crippen LogP contribution < -0.4 is 0 Å². The predicted octanol–water partition coefficient (Wildman–Crippen LogP) is 2.79. The maximum atomic E-state index is 12.0. The second-order valence-corrected chi connectivity index (χ2v) is 6.06. The zero-order valence-corrected chi connectivity index (χ0v) is 13.5. The van der Waals surface area contributed by atoms with Gasteiger partial charge >= 0.3 is 146 Å². The third-order valence-electron chi connectivity index (χ3n) is 4.58. The topological polar surface area (TPSA) is 55.8 Å². The molecule has 2 aliphatic rings. The Kier molecular flexibility index (Phi) is 3.88. The molecule has 0 N–H and O–H groups in total. The number of ether oxygens (including phenoxy) is 1. The van der Waals surface area contributed by atoms with E-state index in [9.17, 15) is 9.59 Å². The fraction of sp³-hybridized carbons (Fsp3) is 0.211. The molecule has 25 heavy (non-hydrogen) atoms. The van der Waals surface area contributed by atoms with Gasteiger partial charge in [-0.05, 0) is 0 Å². The summed E-state index contributed by atoms with van der Waals surface area (Å²) < 4.78 is 5.27. The normalized spacial score (nSPS) is 15.9. The van der Waals surface area contributed by atoms with Crippen LogP contribution in [-0.2, 0) is 14.4 Å². The fourth-order valence-corrected chi connectivity index (χ4v) is 3.40. The summed E-state index contributed by atoms with van der Waals surface area (Å²) in [5.74, 6) is -0.401. The third-order valence-corrected chi connectivity index (χ3v) is 4.58. The van der Waals surface area contributed by atoms with Crippen LogP contribution in [0.3, 0.4) is 0 Å². The van der Waals surface area contributed by atoms with Crippen molar-refractivity contribution in [3.8, 4) is 11.1 Å². The van der Waals surface area contributed by atoms with Gasteiger partial charge in [-0.1, -0.05) is 0 Å². The van der Waals surface area contributed by atoms with E-state index in [1.807, 2.05) is 36.4 Å². The molecule has 5 nitrogen and oxygen atoms in total. The summed E-state index contributed by atoms with van der Waals surface area (Å²) >= 11 is 0. The van der Waals surface area contributed by atoms with E-state index < -0.39 is 6.16 Å². The van der Waals surface area contributed by atoms with Gasteiger partial charge in [-0.25, -0.2) is 0 Å². The van der Waals surface area contributed by atoms with Crippen molar-refractivity contribution in [1.82, 2.24) is 5.06 Å². The van der Waals surface area contributed by atoms with Crippen LogP contribution in [0.25, 0.3) is 11.1 Å². The van der Waals surface area contributed by atoms with E-state index in [-0.39, 0.29) is 30.4 Å². The number of carbonyl (C=O) groups is 2. The first kappa shape index (κ1) is 15.6. The maximum absolute atomic E-state index is 12.0. The molecular weight excluding hydrogens is 317 g/mol. The van der Waals surface area contributed by atoms with Gasteiger partial charge < -0.3 is 0 Å². The van der Waals surface area contributed by atoms with Crippen LogP contribution in [0.15, 0.2) is 48.5 Å². The quantitative estimate of drug-likeness (QED) is 0.641. The number of carbonyl (C=O) groups excluding carboxylic acids is 2. The Labute approximate surface area is 146 Å². The van der Waals surface area contributed by atoms with Gasteiger partial charge in [0.15, 0.2) is 0 Å². The summed E-state index contributed by atoms with van der Waals surface area (Å²) in [5, 5.41) is 0.818. The molecule has 0 spiro atoms. The van der Waals surface area contributed by atoms with Gasteiger partial charge in [-0.2, -0.15) is 0 Å². The summed E-state index contributed by atoms with van der Waals surface area (Å²) in [6, 6.07) is 16.1. The van der Waals surface area contributed by atoms with Gasteiger partial charge in [0.05, 0.1) is 0 Å². The number of hydrogen-bond donors (Lipinski definition) is 0. The summed E-state index contributed by atoms with van der Waals surface area (Å²) in [6.45, 7) is 0.134. The molecule has 1 radical (unpaired) electrons. The molecule has 1 aliphatic carbocycles. The molecule has 1 fully saturated rings. The molecule has 4 rings (SSSR count). The third kappa shape index (κ3) is 2.73. The van der Waals surface area contributed by atoms with Crippen molar-refractivity contribution < 1.29 is 19.2 Å². The Bertz CT molecular complexity index is 818. The molecule has 0 saturated carbocycles. The summed E-state index contributed by atoms with van der Waals surface area (Å²) in [5.41, 5.74) is 4.73. The van der Waals surface area contributed by atoms with E-state index in [1.165, 1.54) is 0 Å². The van der Waals surface area contributed by atoms with Crippen LogP contribution in [-0.4, -0.2) is 36.8 Å². The average Bonchev–Trinajstić information content (AvgIpc) is 3.12. The minimum absolute atomic E-state index is 0.0597. The zero-order valence-electron chi connectivity index (χ0n) is 13.5. The Morgan fingerprint density at radius 3 is 2.20 bits per heavy atom. The molecule has 2 aromatic rings. The number of amides is 1. The van der Waals surface area contributed by atoms with Gasteiger partial charge in [0, 0.05) is 0 Å².